The summed E-state index contributed by atoms with van der Waals surface area (Å²) in [6, 6.07) is 8.02. The van der Waals surface area contributed by atoms with Crippen LogP contribution in [0.4, 0.5) is 10.5 Å². The van der Waals surface area contributed by atoms with Gasteiger partial charge in [0.2, 0.25) is 0 Å². The SMILES string of the molecule is C#CCOC(=O)NC1C=CC(C)N(c2ccc(C)cc2)O1. The first-order valence-corrected chi connectivity index (χ1v) is 6.68. The Balaban J connectivity index is 2.02. The van der Waals surface area contributed by atoms with Crippen LogP contribution in [0.1, 0.15) is 12.5 Å². The fraction of sp³-hybridized carbons (Fsp3) is 0.312. The van der Waals surface area contributed by atoms with Gasteiger partial charge >= 0.3 is 6.09 Å². The summed E-state index contributed by atoms with van der Waals surface area (Å²) in [5.41, 5.74) is 2.09. The summed E-state index contributed by atoms with van der Waals surface area (Å²) in [6.07, 6.45) is 7.55. The van der Waals surface area contributed by atoms with Gasteiger partial charge in [-0.2, -0.15) is 0 Å². The van der Waals surface area contributed by atoms with E-state index in [0.717, 1.165) is 5.69 Å². The molecule has 0 spiro atoms. The maximum absolute atomic E-state index is 11.5. The van der Waals surface area contributed by atoms with E-state index in [1.54, 1.807) is 11.1 Å². The minimum absolute atomic E-state index is 0.0625. The van der Waals surface area contributed by atoms with Crippen LogP contribution in [0.2, 0.25) is 0 Å². The number of amides is 1. The minimum Gasteiger partial charge on any atom is -0.436 e. The number of hydrogen-bond acceptors (Lipinski definition) is 4. The molecule has 1 aliphatic rings. The highest BCUT2D eigenvalue weighted by molar-refractivity contribution is 5.68. The molecule has 1 aromatic rings. The molecule has 2 rings (SSSR count). The molecule has 5 nitrogen and oxygen atoms in total. The third-order valence-electron chi connectivity index (χ3n) is 3.00. The molecule has 2 atom stereocenters. The summed E-state index contributed by atoms with van der Waals surface area (Å²) < 4.78 is 4.76. The summed E-state index contributed by atoms with van der Waals surface area (Å²) in [7, 11) is 0. The third kappa shape index (κ3) is 4.01. The normalized spacial score (nSPS) is 20.7. The van der Waals surface area contributed by atoms with Crippen molar-refractivity contribution in [1.29, 1.82) is 0 Å². The molecule has 21 heavy (non-hydrogen) atoms. The van der Waals surface area contributed by atoms with E-state index in [1.807, 2.05) is 44.2 Å². The van der Waals surface area contributed by atoms with Crippen molar-refractivity contribution in [3.8, 4) is 12.3 Å². The van der Waals surface area contributed by atoms with Crippen LogP contribution in [-0.4, -0.2) is 25.0 Å². The number of hydroxylamine groups is 1. The molecular formula is C16H18N2O3. The smallest absolute Gasteiger partial charge is 0.410 e. The summed E-state index contributed by atoms with van der Waals surface area (Å²) in [6.45, 7) is 3.96. The number of carbonyl (C=O) groups is 1. The quantitative estimate of drug-likeness (QED) is 0.684. The fourth-order valence-corrected chi connectivity index (χ4v) is 1.92. The topological polar surface area (TPSA) is 50.8 Å². The van der Waals surface area contributed by atoms with Crippen molar-refractivity contribution in [2.24, 2.45) is 0 Å². The van der Waals surface area contributed by atoms with Gasteiger partial charge in [-0.1, -0.05) is 29.7 Å². The lowest BCUT2D eigenvalue weighted by atomic mass is 10.2. The molecule has 1 aromatic carbocycles. The van der Waals surface area contributed by atoms with Gasteiger partial charge in [-0.15, -0.1) is 6.42 Å². The molecule has 0 aliphatic carbocycles. The number of nitrogens with one attached hydrogen (secondary N) is 1. The van der Waals surface area contributed by atoms with Gasteiger partial charge in [-0.25, -0.2) is 14.7 Å². The van der Waals surface area contributed by atoms with E-state index >= 15 is 0 Å². The van der Waals surface area contributed by atoms with Gasteiger partial charge in [0.05, 0.1) is 11.7 Å². The Morgan fingerprint density at radius 2 is 2.14 bits per heavy atom. The molecule has 2 unspecified atom stereocenters. The minimum atomic E-state index is -0.610. The van der Waals surface area contributed by atoms with Crippen LogP contribution in [-0.2, 0) is 9.57 Å². The summed E-state index contributed by atoms with van der Waals surface area (Å²) in [4.78, 5) is 17.2. The fourth-order valence-electron chi connectivity index (χ4n) is 1.92. The van der Waals surface area contributed by atoms with Crippen molar-refractivity contribution in [3.63, 3.8) is 0 Å². The van der Waals surface area contributed by atoms with Crippen molar-refractivity contribution in [2.45, 2.75) is 26.1 Å². The van der Waals surface area contributed by atoms with Crippen molar-refractivity contribution in [1.82, 2.24) is 5.32 Å². The number of aryl methyl sites for hydroxylation is 1. The molecule has 1 heterocycles. The number of terminal acetylenes is 1. The largest absolute Gasteiger partial charge is 0.436 e. The van der Waals surface area contributed by atoms with Crippen molar-refractivity contribution in [2.75, 3.05) is 11.7 Å². The molecular weight excluding hydrogens is 268 g/mol. The molecule has 0 saturated carbocycles. The van der Waals surface area contributed by atoms with Crippen LogP contribution < -0.4 is 10.4 Å². The van der Waals surface area contributed by atoms with E-state index in [-0.39, 0.29) is 12.6 Å². The second kappa shape index (κ2) is 6.82. The van der Waals surface area contributed by atoms with E-state index in [1.165, 1.54) is 5.56 Å². The van der Waals surface area contributed by atoms with Gasteiger partial charge in [0.1, 0.15) is 0 Å². The Bertz CT molecular complexity index is 560. The zero-order valence-electron chi connectivity index (χ0n) is 12.1. The number of rotatable bonds is 3. The second-order valence-corrected chi connectivity index (χ2v) is 4.74. The van der Waals surface area contributed by atoms with E-state index in [0.29, 0.717) is 0 Å². The Morgan fingerprint density at radius 3 is 2.81 bits per heavy atom. The summed E-state index contributed by atoms with van der Waals surface area (Å²) in [5.74, 6) is 2.23. The lowest BCUT2D eigenvalue weighted by Gasteiger charge is -2.34. The third-order valence-corrected chi connectivity index (χ3v) is 3.00. The van der Waals surface area contributed by atoms with E-state index in [9.17, 15) is 4.79 Å². The first-order chi connectivity index (χ1) is 10.1. The molecule has 1 amide bonds. The molecule has 1 N–H and O–H groups in total. The monoisotopic (exact) mass is 286 g/mol. The first-order valence-electron chi connectivity index (χ1n) is 6.68. The molecule has 0 saturated heterocycles. The molecule has 5 heteroatoms. The van der Waals surface area contributed by atoms with Crippen molar-refractivity contribution in [3.05, 3.63) is 42.0 Å². The van der Waals surface area contributed by atoms with Gasteiger partial charge in [0, 0.05) is 0 Å². The number of alkyl carbamates (subject to hydrolysis) is 1. The van der Waals surface area contributed by atoms with Crippen molar-refractivity contribution < 1.29 is 14.4 Å². The van der Waals surface area contributed by atoms with Gasteiger partial charge in [-0.05, 0) is 32.1 Å². The molecule has 0 fully saturated rings. The number of nitrogens with zero attached hydrogens (tertiary/aromatic N) is 1. The highest BCUT2D eigenvalue weighted by atomic mass is 16.7. The maximum atomic E-state index is 11.5. The Hall–Kier alpha value is -2.45. The molecule has 0 bridgehead atoms. The van der Waals surface area contributed by atoms with Gasteiger partial charge < -0.3 is 4.74 Å². The summed E-state index contributed by atoms with van der Waals surface area (Å²) in [5, 5.41) is 4.32. The van der Waals surface area contributed by atoms with Crippen LogP contribution in [0, 0.1) is 19.3 Å². The molecule has 1 aliphatic heterocycles. The van der Waals surface area contributed by atoms with Crippen LogP contribution in [0.15, 0.2) is 36.4 Å². The van der Waals surface area contributed by atoms with Gasteiger partial charge in [0.15, 0.2) is 12.8 Å². The first kappa shape index (κ1) is 14.9. The number of ether oxygens (including phenoxy) is 1. The zero-order chi connectivity index (χ0) is 15.2. The lowest BCUT2D eigenvalue weighted by Crippen LogP contribution is -2.46. The molecule has 110 valence electrons. The van der Waals surface area contributed by atoms with Crippen molar-refractivity contribution >= 4 is 11.8 Å². The number of benzene rings is 1. The lowest BCUT2D eigenvalue weighted by molar-refractivity contribution is 0.0231. The standard InChI is InChI=1S/C16H18N2O3/c1-4-11-20-16(19)17-15-10-7-13(3)18(21-15)14-8-5-12(2)6-9-14/h1,5-10,13,15H,11H2,2-3H3,(H,17,19). The average molecular weight is 286 g/mol. The number of hydrogen-bond donors (Lipinski definition) is 1. The average Bonchev–Trinajstić information content (AvgIpc) is 2.48. The molecule has 0 radical (unpaired) electrons. The van der Waals surface area contributed by atoms with Gasteiger partial charge in [0.25, 0.3) is 0 Å². The van der Waals surface area contributed by atoms with Gasteiger partial charge in [-0.3, -0.25) is 5.32 Å². The number of anilines is 1. The second-order valence-electron chi connectivity index (χ2n) is 4.74. The predicted octanol–water partition coefficient (Wildman–Crippen LogP) is 2.38. The van der Waals surface area contributed by atoms with Crippen LogP contribution in [0.25, 0.3) is 0 Å². The zero-order valence-corrected chi connectivity index (χ0v) is 12.1. The van der Waals surface area contributed by atoms with Crippen LogP contribution >= 0.6 is 0 Å². The predicted molar refractivity (Wildman–Crippen MR) is 80.4 cm³/mol. The Kier molecular flexibility index (Phi) is 4.85. The Labute approximate surface area is 124 Å². The van der Waals surface area contributed by atoms with Crippen LogP contribution in [0.3, 0.4) is 0 Å². The highest BCUT2D eigenvalue weighted by Crippen LogP contribution is 2.22. The summed E-state index contributed by atoms with van der Waals surface area (Å²) >= 11 is 0. The van der Waals surface area contributed by atoms with E-state index in [2.05, 4.69) is 11.2 Å². The van der Waals surface area contributed by atoms with E-state index < -0.39 is 12.3 Å². The number of carbonyl (C=O) groups excluding carboxylic acids is 1. The Morgan fingerprint density at radius 1 is 1.43 bits per heavy atom. The molecule has 0 aromatic heterocycles. The van der Waals surface area contributed by atoms with E-state index in [4.69, 9.17) is 16.0 Å². The maximum Gasteiger partial charge on any atom is 0.410 e. The highest BCUT2D eigenvalue weighted by Gasteiger charge is 2.23. The van der Waals surface area contributed by atoms with Crippen LogP contribution in [0.5, 0.6) is 0 Å².